The van der Waals surface area contributed by atoms with Gasteiger partial charge in [-0.3, -0.25) is 9.59 Å². The molecule has 5 heteroatoms. The van der Waals surface area contributed by atoms with E-state index in [1.165, 1.54) is 0 Å². The molecule has 0 aliphatic heterocycles. The zero-order chi connectivity index (χ0) is 17.0. The number of benzene rings is 1. The predicted molar refractivity (Wildman–Crippen MR) is 91.8 cm³/mol. The lowest BCUT2D eigenvalue weighted by Gasteiger charge is -2.25. The Balaban J connectivity index is 2.31. The van der Waals surface area contributed by atoms with E-state index in [2.05, 4.69) is 5.32 Å². The van der Waals surface area contributed by atoms with E-state index in [0.717, 1.165) is 23.2 Å². The molecule has 1 aromatic carbocycles. The van der Waals surface area contributed by atoms with E-state index in [-0.39, 0.29) is 5.91 Å². The first-order valence-corrected chi connectivity index (χ1v) is 8.36. The van der Waals surface area contributed by atoms with Crippen LogP contribution in [0.15, 0.2) is 24.3 Å². The number of anilines is 1. The summed E-state index contributed by atoms with van der Waals surface area (Å²) in [7, 11) is 0. The third-order valence-corrected chi connectivity index (χ3v) is 4.77. The maximum atomic E-state index is 12.7. The second-order valence-corrected chi connectivity index (χ2v) is 6.16. The number of allylic oxidation sites excluding steroid dienone is 2. The quantitative estimate of drug-likeness (QED) is 0.797. The number of nitrogens with one attached hydrogen (secondary N) is 1. The van der Waals surface area contributed by atoms with E-state index in [9.17, 15) is 14.7 Å². The minimum Gasteiger partial charge on any atom is -0.481 e. The number of amides is 1. The van der Waals surface area contributed by atoms with Crippen LogP contribution in [0.3, 0.4) is 0 Å². The summed E-state index contributed by atoms with van der Waals surface area (Å²) in [6.45, 7) is 4.00. The summed E-state index contributed by atoms with van der Waals surface area (Å²) in [6, 6.07) is 3.75. The Morgan fingerprint density at radius 2 is 1.83 bits per heavy atom. The Morgan fingerprint density at radius 1 is 1.17 bits per heavy atom. The monoisotopic (exact) mass is 335 g/mol. The Hall–Kier alpha value is -1.81. The van der Waals surface area contributed by atoms with Gasteiger partial charge in [0.05, 0.1) is 11.8 Å². The van der Waals surface area contributed by atoms with Gasteiger partial charge in [-0.15, -0.1) is 0 Å². The molecule has 2 rings (SSSR count). The third kappa shape index (κ3) is 3.75. The topological polar surface area (TPSA) is 66.4 Å². The first-order valence-electron chi connectivity index (χ1n) is 7.98. The molecule has 0 fully saturated rings. The molecule has 4 nitrogen and oxygen atoms in total. The number of aliphatic carboxylic acids is 1. The van der Waals surface area contributed by atoms with Gasteiger partial charge in [-0.05, 0) is 42.9 Å². The zero-order valence-corrected chi connectivity index (χ0v) is 14.2. The first-order chi connectivity index (χ1) is 11.0. The van der Waals surface area contributed by atoms with Crippen molar-refractivity contribution in [1.82, 2.24) is 0 Å². The van der Waals surface area contributed by atoms with Crippen LogP contribution in [-0.2, 0) is 22.4 Å². The Bertz CT molecular complexity index is 639. The van der Waals surface area contributed by atoms with Crippen LogP contribution < -0.4 is 5.32 Å². The fourth-order valence-electron chi connectivity index (χ4n) is 3.06. The van der Waals surface area contributed by atoms with Gasteiger partial charge in [0.2, 0.25) is 5.91 Å². The van der Waals surface area contributed by atoms with E-state index in [0.29, 0.717) is 24.3 Å². The number of hydrogen-bond acceptors (Lipinski definition) is 2. The fourth-order valence-corrected chi connectivity index (χ4v) is 3.35. The lowest BCUT2D eigenvalue weighted by Crippen LogP contribution is -2.35. The van der Waals surface area contributed by atoms with Gasteiger partial charge in [-0.1, -0.05) is 43.7 Å². The van der Waals surface area contributed by atoms with E-state index >= 15 is 0 Å². The minimum absolute atomic E-state index is 0.242. The van der Waals surface area contributed by atoms with Crippen LogP contribution in [0.2, 0.25) is 5.02 Å². The van der Waals surface area contributed by atoms with Gasteiger partial charge >= 0.3 is 5.97 Å². The van der Waals surface area contributed by atoms with Crippen LogP contribution in [0.4, 0.5) is 5.69 Å². The van der Waals surface area contributed by atoms with Crippen LogP contribution in [-0.4, -0.2) is 17.0 Å². The average molecular weight is 336 g/mol. The summed E-state index contributed by atoms with van der Waals surface area (Å²) >= 11 is 6.25. The van der Waals surface area contributed by atoms with E-state index < -0.39 is 17.8 Å². The van der Waals surface area contributed by atoms with Crippen LogP contribution in [0.1, 0.15) is 37.8 Å². The molecule has 0 aromatic heterocycles. The van der Waals surface area contributed by atoms with Crippen molar-refractivity contribution in [3.05, 3.63) is 40.4 Å². The lowest BCUT2D eigenvalue weighted by molar-refractivity contribution is -0.146. The van der Waals surface area contributed by atoms with Crippen molar-refractivity contribution in [2.24, 2.45) is 11.8 Å². The van der Waals surface area contributed by atoms with Crippen molar-refractivity contribution >= 4 is 29.2 Å². The maximum absolute atomic E-state index is 12.7. The lowest BCUT2D eigenvalue weighted by atomic mass is 9.82. The number of carboxylic acids is 1. The number of carbonyl (C=O) groups excluding carboxylic acids is 1. The molecule has 2 N–H and O–H groups in total. The van der Waals surface area contributed by atoms with Crippen molar-refractivity contribution in [3.8, 4) is 0 Å². The van der Waals surface area contributed by atoms with Gasteiger partial charge in [0.1, 0.15) is 0 Å². The average Bonchev–Trinajstić information content (AvgIpc) is 2.55. The molecule has 1 aliphatic carbocycles. The molecular weight excluding hydrogens is 314 g/mol. The number of carbonyl (C=O) groups is 2. The smallest absolute Gasteiger partial charge is 0.307 e. The van der Waals surface area contributed by atoms with Crippen LogP contribution in [0.25, 0.3) is 0 Å². The zero-order valence-electron chi connectivity index (χ0n) is 13.4. The Kier molecular flexibility index (Phi) is 5.83. The molecular formula is C18H22ClNO3. The van der Waals surface area contributed by atoms with E-state index in [4.69, 9.17) is 11.6 Å². The van der Waals surface area contributed by atoms with Gasteiger partial charge in [0.25, 0.3) is 0 Å². The third-order valence-electron chi connectivity index (χ3n) is 4.41. The first kappa shape index (κ1) is 17.5. The molecule has 0 bridgehead atoms. The standard InChI is InChI=1S/C18H22ClNO3/c1-3-11-9-10-15(19)12(4-2)16(11)20-17(21)13-7-5-6-8-14(13)18(22)23/h5-6,9-10,13-14H,3-4,7-8H2,1-2H3,(H,20,21)(H,22,23)/t13-,14+/m0/s1. The van der Waals surface area contributed by atoms with Crippen LogP contribution in [0, 0.1) is 11.8 Å². The molecule has 0 saturated heterocycles. The number of carboxylic acid groups (broad SMARTS) is 1. The van der Waals surface area contributed by atoms with Crippen molar-refractivity contribution in [3.63, 3.8) is 0 Å². The summed E-state index contributed by atoms with van der Waals surface area (Å²) in [6.07, 6.45) is 6.03. The fraction of sp³-hybridized carbons (Fsp3) is 0.444. The Morgan fingerprint density at radius 3 is 2.39 bits per heavy atom. The normalized spacial score (nSPS) is 20.3. The summed E-state index contributed by atoms with van der Waals surface area (Å²) in [4.78, 5) is 24.1. The van der Waals surface area contributed by atoms with Crippen LogP contribution in [0.5, 0.6) is 0 Å². The summed E-state index contributed by atoms with van der Waals surface area (Å²) in [5.41, 5.74) is 2.65. The second-order valence-electron chi connectivity index (χ2n) is 5.75. The van der Waals surface area contributed by atoms with Gasteiger partial charge in [-0.25, -0.2) is 0 Å². The van der Waals surface area contributed by atoms with E-state index in [1.54, 1.807) is 0 Å². The second kappa shape index (κ2) is 7.64. The van der Waals surface area contributed by atoms with Crippen molar-refractivity contribution < 1.29 is 14.7 Å². The molecule has 0 unspecified atom stereocenters. The highest BCUT2D eigenvalue weighted by Crippen LogP contribution is 2.32. The molecule has 124 valence electrons. The highest BCUT2D eigenvalue weighted by atomic mass is 35.5. The number of rotatable bonds is 5. The molecule has 0 saturated carbocycles. The molecule has 23 heavy (non-hydrogen) atoms. The van der Waals surface area contributed by atoms with Gasteiger partial charge < -0.3 is 10.4 Å². The highest BCUT2D eigenvalue weighted by Gasteiger charge is 2.34. The summed E-state index contributed by atoms with van der Waals surface area (Å²) in [5, 5.41) is 12.9. The van der Waals surface area contributed by atoms with E-state index in [1.807, 2.05) is 38.1 Å². The minimum atomic E-state index is -0.924. The van der Waals surface area contributed by atoms with Gasteiger partial charge in [0, 0.05) is 10.7 Å². The largest absolute Gasteiger partial charge is 0.481 e. The van der Waals surface area contributed by atoms with Gasteiger partial charge in [-0.2, -0.15) is 0 Å². The maximum Gasteiger partial charge on any atom is 0.307 e. The molecule has 0 spiro atoms. The molecule has 1 aliphatic rings. The summed E-state index contributed by atoms with van der Waals surface area (Å²) < 4.78 is 0. The highest BCUT2D eigenvalue weighted by molar-refractivity contribution is 6.32. The molecule has 1 amide bonds. The molecule has 0 heterocycles. The van der Waals surface area contributed by atoms with Gasteiger partial charge in [0.15, 0.2) is 0 Å². The number of hydrogen-bond donors (Lipinski definition) is 2. The molecule has 0 radical (unpaired) electrons. The van der Waals surface area contributed by atoms with Crippen LogP contribution >= 0.6 is 11.6 Å². The SMILES string of the molecule is CCc1ccc(Cl)c(CC)c1NC(=O)[C@H]1CC=CC[C@H]1C(=O)O. The molecule has 2 atom stereocenters. The van der Waals surface area contributed by atoms with Crippen molar-refractivity contribution in [2.45, 2.75) is 39.5 Å². The number of aryl methyl sites for hydroxylation is 1. The van der Waals surface area contributed by atoms with Crippen molar-refractivity contribution in [1.29, 1.82) is 0 Å². The predicted octanol–water partition coefficient (Wildman–Crippen LogP) is 4.07. The summed E-state index contributed by atoms with van der Waals surface area (Å²) in [5.74, 6) is -2.39. The van der Waals surface area contributed by atoms with Crippen molar-refractivity contribution in [2.75, 3.05) is 5.32 Å². The molecule has 1 aromatic rings. The Labute approximate surface area is 141 Å². The number of halogens is 1.